The highest BCUT2D eigenvalue weighted by Gasteiger charge is 2.37. The molecule has 3 fully saturated rings. The van der Waals surface area contributed by atoms with Crippen LogP contribution in [0, 0.1) is 5.92 Å². The second kappa shape index (κ2) is 8.21. The Morgan fingerprint density at radius 3 is 2.48 bits per heavy atom. The number of benzene rings is 1. The summed E-state index contributed by atoms with van der Waals surface area (Å²) in [6, 6.07) is 5.87. The smallest absolute Gasteiger partial charge is 0.387 e. The second-order valence-corrected chi connectivity index (χ2v) is 7.44. The summed E-state index contributed by atoms with van der Waals surface area (Å²) in [5, 5.41) is 0. The lowest BCUT2D eigenvalue weighted by Crippen LogP contribution is -2.47. The van der Waals surface area contributed by atoms with E-state index in [0.29, 0.717) is 31.1 Å². The van der Waals surface area contributed by atoms with Crippen molar-refractivity contribution in [3.63, 3.8) is 0 Å². The fourth-order valence-corrected chi connectivity index (χ4v) is 3.83. The molecule has 0 saturated carbocycles. The Labute approximate surface area is 157 Å². The summed E-state index contributed by atoms with van der Waals surface area (Å²) in [5.41, 5.74) is 0.458. The number of carbonyl (C=O) groups is 2. The van der Waals surface area contributed by atoms with Gasteiger partial charge in [-0.05, 0) is 43.0 Å². The van der Waals surface area contributed by atoms with Gasteiger partial charge >= 0.3 is 6.61 Å². The predicted octanol–water partition coefficient (Wildman–Crippen LogP) is 1.91. The number of piperidine rings is 1. The molecule has 0 radical (unpaired) electrons. The number of hydrogen-bond acceptors (Lipinski definition) is 4. The van der Waals surface area contributed by atoms with Crippen molar-refractivity contribution in [1.29, 1.82) is 0 Å². The lowest BCUT2D eigenvalue weighted by Gasteiger charge is -2.36. The Kier molecular flexibility index (Phi) is 5.94. The summed E-state index contributed by atoms with van der Waals surface area (Å²) in [7, 11) is 3.48. The molecule has 8 heteroatoms. The highest BCUT2D eigenvalue weighted by Crippen LogP contribution is 2.29. The summed E-state index contributed by atoms with van der Waals surface area (Å²) in [6.45, 7) is -0.383. The molecular formula is C19H25F2N3O3. The highest BCUT2D eigenvalue weighted by molar-refractivity contribution is 5.94. The molecule has 2 bridgehead atoms. The minimum Gasteiger partial charge on any atom is -0.435 e. The second-order valence-electron chi connectivity index (χ2n) is 7.44. The third kappa shape index (κ3) is 4.74. The zero-order chi connectivity index (χ0) is 19.6. The molecule has 0 spiro atoms. The number of fused-ring (bicyclic) bond motifs is 4. The van der Waals surface area contributed by atoms with Crippen LogP contribution in [0.15, 0.2) is 24.3 Å². The van der Waals surface area contributed by atoms with Crippen LogP contribution in [0.25, 0.3) is 0 Å². The molecular weight excluding hydrogens is 356 g/mol. The van der Waals surface area contributed by atoms with Crippen LogP contribution in [0.5, 0.6) is 5.75 Å². The van der Waals surface area contributed by atoms with Gasteiger partial charge in [0, 0.05) is 45.3 Å². The summed E-state index contributed by atoms with van der Waals surface area (Å²) in [6.07, 6.45) is 1.96. The highest BCUT2D eigenvalue weighted by atomic mass is 19.3. The van der Waals surface area contributed by atoms with E-state index in [9.17, 15) is 18.4 Å². The lowest BCUT2D eigenvalue weighted by molar-refractivity contribution is -0.129. The predicted molar refractivity (Wildman–Crippen MR) is 95.8 cm³/mol. The van der Waals surface area contributed by atoms with Gasteiger partial charge in [-0.3, -0.25) is 14.5 Å². The maximum atomic E-state index is 13.0. The summed E-state index contributed by atoms with van der Waals surface area (Å²) >= 11 is 0. The van der Waals surface area contributed by atoms with Crippen molar-refractivity contribution in [2.45, 2.75) is 25.5 Å². The molecule has 0 aliphatic carbocycles. The molecule has 148 valence electrons. The first kappa shape index (κ1) is 19.5. The van der Waals surface area contributed by atoms with E-state index in [1.165, 1.54) is 24.3 Å². The largest absolute Gasteiger partial charge is 0.435 e. The molecule has 3 heterocycles. The van der Waals surface area contributed by atoms with Gasteiger partial charge in [-0.1, -0.05) is 0 Å². The molecule has 3 aliphatic heterocycles. The van der Waals surface area contributed by atoms with E-state index < -0.39 is 6.61 Å². The van der Waals surface area contributed by atoms with Gasteiger partial charge < -0.3 is 14.5 Å². The number of likely N-dealkylation sites (N-methyl/N-ethyl adjacent to an activating group) is 1. The topological polar surface area (TPSA) is 53.1 Å². The van der Waals surface area contributed by atoms with Crippen LogP contribution in [0.4, 0.5) is 8.78 Å². The Morgan fingerprint density at radius 2 is 1.85 bits per heavy atom. The molecule has 2 amide bonds. The van der Waals surface area contributed by atoms with Crippen LogP contribution in [0.1, 0.15) is 23.2 Å². The summed E-state index contributed by atoms with van der Waals surface area (Å²) in [4.78, 5) is 30.6. The van der Waals surface area contributed by atoms with Gasteiger partial charge in [0.05, 0.1) is 6.54 Å². The molecule has 0 aromatic heterocycles. The maximum absolute atomic E-state index is 13.0. The van der Waals surface area contributed by atoms with Crippen molar-refractivity contribution in [3.8, 4) is 5.75 Å². The number of ether oxygens (including phenoxy) is 1. The molecule has 3 aliphatic rings. The monoisotopic (exact) mass is 381 g/mol. The first-order valence-electron chi connectivity index (χ1n) is 9.12. The molecule has 2 atom stereocenters. The fourth-order valence-electron chi connectivity index (χ4n) is 3.83. The van der Waals surface area contributed by atoms with E-state index in [-0.39, 0.29) is 23.6 Å². The number of nitrogens with zero attached hydrogens (tertiary/aromatic N) is 3. The molecule has 1 aromatic rings. The number of carbonyl (C=O) groups excluding carboxylic acids is 2. The molecule has 4 rings (SSSR count). The van der Waals surface area contributed by atoms with Crippen molar-refractivity contribution in [2.75, 3.05) is 40.3 Å². The summed E-state index contributed by atoms with van der Waals surface area (Å²) in [5.74, 6) is 0.328. The van der Waals surface area contributed by atoms with Gasteiger partial charge in [0.25, 0.3) is 5.91 Å². The molecule has 3 saturated heterocycles. The average Bonchev–Trinajstić information content (AvgIpc) is 2.91. The van der Waals surface area contributed by atoms with E-state index in [4.69, 9.17) is 0 Å². The normalized spacial score (nSPS) is 22.6. The minimum atomic E-state index is -2.89. The van der Waals surface area contributed by atoms with E-state index in [2.05, 4.69) is 9.64 Å². The fraction of sp³-hybridized carbons (Fsp3) is 0.579. The van der Waals surface area contributed by atoms with Crippen LogP contribution in [0.2, 0.25) is 0 Å². The quantitative estimate of drug-likeness (QED) is 0.782. The van der Waals surface area contributed by atoms with E-state index >= 15 is 0 Å². The van der Waals surface area contributed by atoms with Gasteiger partial charge in [-0.2, -0.15) is 8.78 Å². The van der Waals surface area contributed by atoms with Gasteiger partial charge in [0.15, 0.2) is 0 Å². The molecule has 1 aromatic carbocycles. The number of hydrogen-bond donors (Lipinski definition) is 0. The Balaban J connectivity index is 1.68. The Bertz CT molecular complexity index is 681. The van der Waals surface area contributed by atoms with Crippen molar-refractivity contribution in [2.24, 2.45) is 5.92 Å². The third-order valence-electron chi connectivity index (χ3n) is 5.23. The lowest BCUT2D eigenvalue weighted by atomic mass is 9.94. The maximum Gasteiger partial charge on any atom is 0.387 e. The van der Waals surface area contributed by atoms with Crippen molar-refractivity contribution < 1.29 is 23.1 Å². The molecule has 27 heavy (non-hydrogen) atoms. The van der Waals surface area contributed by atoms with Crippen LogP contribution >= 0.6 is 0 Å². The van der Waals surface area contributed by atoms with Crippen molar-refractivity contribution in [1.82, 2.24) is 14.7 Å². The standard InChI is InChI=1S/C19H25F2N3O3/c1-22(2)17(25)12-23-9-13-3-6-15(11-23)24(10-13)18(26)14-4-7-16(8-5-14)27-19(20)21/h4-5,7-8,13,15,19H,3,6,9-12H2,1-2H3/t13-,15+/m0/s1. The van der Waals surface area contributed by atoms with Crippen LogP contribution in [-0.2, 0) is 4.79 Å². The molecule has 6 nitrogen and oxygen atoms in total. The SMILES string of the molecule is CN(C)C(=O)CN1C[C@@H]2CC[C@H](C1)N(C(=O)c1ccc(OC(F)F)cc1)C2. The number of halogens is 2. The zero-order valence-electron chi connectivity index (χ0n) is 15.6. The Morgan fingerprint density at radius 1 is 1.15 bits per heavy atom. The third-order valence-corrected chi connectivity index (χ3v) is 5.23. The van der Waals surface area contributed by atoms with Gasteiger partial charge in [0.2, 0.25) is 5.91 Å². The number of alkyl halides is 2. The first-order chi connectivity index (χ1) is 12.8. The Hall–Kier alpha value is -2.22. The molecule has 0 N–H and O–H groups in total. The van der Waals surface area contributed by atoms with Crippen LogP contribution in [0.3, 0.4) is 0 Å². The average molecular weight is 381 g/mol. The van der Waals surface area contributed by atoms with Crippen molar-refractivity contribution in [3.05, 3.63) is 29.8 Å². The van der Waals surface area contributed by atoms with Gasteiger partial charge in [-0.15, -0.1) is 0 Å². The van der Waals surface area contributed by atoms with Crippen molar-refractivity contribution >= 4 is 11.8 Å². The van der Waals surface area contributed by atoms with E-state index in [0.717, 1.165) is 19.4 Å². The zero-order valence-corrected chi connectivity index (χ0v) is 15.6. The van der Waals surface area contributed by atoms with Crippen LogP contribution in [-0.4, -0.2) is 79.4 Å². The number of rotatable bonds is 5. The van der Waals surface area contributed by atoms with E-state index in [1.54, 1.807) is 19.0 Å². The van der Waals surface area contributed by atoms with Crippen LogP contribution < -0.4 is 4.74 Å². The summed E-state index contributed by atoms with van der Waals surface area (Å²) < 4.78 is 28.9. The number of amides is 2. The van der Waals surface area contributed by atoms with Gasteiger partial charge in [-0.25, -0.2) is 0 Å². The van der Waals surface area contributed by atoms with E-state index in [1.807, 2.05) is 4.90 Å². The molecule has 0 unspecified atom stereocenters. The van der Waals surface area contributed by atoms with Gasteiger partial charge in [0.1, 0.15) is 5.75 Å². The minimum absolute atomic E-state index is 0.0345. The first-order valence-corrected chi connectivity index (χ1v) is 9.12.